The maximum atomic E-state index is 12.7. The molecular weight excluding hydrogens is 328 g/mol. The van der Waals surface area contributed by atoms with Crippen molar-refractivity contribution in [1.29, 1.82) is 0 Å². The van der Waals surface area contributed by atoms with Crippen LogP contribution in [0.5, 0.6) is 0 Å². The fourth-order valence-corrected chi connectivity index (χ4v) is 4.54. The van der Waals surface area contributed by atoms with E-state index in [0.717, 1.165) is 54.4 Å². The number of carbonyl (C=O) groups is 2. The first-order valence-electron chi connectivity index (χ1n) is 9.63. The molecule has 0 unspecified atom stereocenters. The van der Waals surface area contributed by atoms with Crippen molar-refractivity contribution in [2.45, 2.75) is 45.6 Å². The zero-order valence-electron chi connectivity index (χ0n) is 15.5. The summed E-state index contributed by atoms with van der Waals surface area (Å²) < 4.78 is 5.96. The van der Waals surface area contributed by atoms with Crippen molar-refractivity contribution in [1.82, 2.24) is 9.80 Å². The lowest BCUT2D eigenvalue weighted by atomic mass is 9.81. The van der Waals surface area contributed by atoms with Crippen LogP contribution in [0.15, 0.2) is 28.7 Å². The van der Waals surface area contributed by atoms with Gasteiger partial charge in [0, 0.05) is 23.9 Å². The van der Waals surface area contributed by atoms with E-state index >= 15 is 0 Å². The molecule has 2 aromatic rings. The first-order chi connectivity index (χ1) is 12.6. The summed E-state index contributed by atoms with van der Waals surface area (Å²) in [4.78, 5) is 28.9. The minimum Gasteiger partial charge on any atom is -0.461 e. The second kappa shape index (κ2) is 6.88. The number of hydrogen-bond donors (Lipinski definition) is 0. The van der Waals surface area contributed by atoms with Crippen molar-refractivity contribution in [3.05, 3.63) is 35.6 Å². The van der Waals surface area contributed by atoms with E-state index in [-0.39, 0.29) is 23.7 Å². The van der Waals surface area contributed by atoms with Crippen LogP contribution in [-0.4, -0.2) is 35.3 Å². The number of rotatable bonds is 5. The molecule has 5 nitrogen and oxygen atoms in total. The van der Waals surface area contributed by atoms with Gasteiger partial charge in [0.1, 0.15) is 11.3 Å². The molecule has 5 heteroatoms. The Balaban J connectivity index is 1.52. The molecule has 2 heterocycles. The Morgan fingerprint density at radius 3 is 2.42 bits per heavy atom. The summed E-state index contributed by atoms with van der Waals surface area (Å²) in [6, 6.07) is 8.04. The zero-order chi connectivity index (χ0) is 18.3. The first-order valence-corrected chi connectivity index (χ1v) is 9.63. The molecule has 1 saturated carbocycles. The van der Waals surface area contributed by atoms with Crippen molar-refractivity contribution < 1.29 is 14.0 Å². The third-order valence-corrected chi connectivity index (χ3v) is 5.85. The van der Waals surface area contributed by atoms with Gasteiger partial charge in [-0.1, -0.05) is 38.0 Å². The van der Waals surface area contributed by atoms with E-state index in [1.165, 1.54) is 4.90 Å². The van der Waals surface area contributed by atoms with Crippen molar-refractivity contribution >= 4 is 22.8 Å². The highest BCUT2D eigenvalue weighted by Crippen LogP contribution is 2.38. The van der Waals surface area contributed by atoms with Crippen molar-refractivity contribution in [2.24, 2.45) is 11.8 Å². The Bertz CT molecular complexity index is 817. The fourth-order valence-electron chi connectivity index (χ4n) is 4.54. The number of furan rings is 1. The molecule has 0 radical (unpaired) electrons. The predicted octanol–water partition coefficient (Wildman–Crippen LogP) is 3.56. The van der Waals surface area contributed by atoms with Crippen LogP contribution in [0.4, 0.5) is 0 Å². The second-order valence-electron chi connectivity index (χ2n) is 7.61. The summed E-state index contributed by atoms with van der Waals surface area (Å²) in [6.45, 7) is 3.10. The molecule has 2 atom stereocenters. The largest absolute Gasteiger partial charge is 0.461 e. The lowest BCUT2D eigenvalue weighted by molar-refractivity contribution is -0.142. The highest BCUT2D eigenvalue weighted by atomic mass is 16.3. The highest BCUT2D eigenvalue weighted by Gasteiger charge is 2.48. The molecule has 1 saturated heterocycles. The maximum absolute atomic E-state index is 12.7. The van der Waals surface area contributed by atoms with Gasteiger partial charge in [-0.05, 0) is 26.0 Å². The standard InChI is InChI=1S/C21H26N2O3/c1-3-18-17(14-8-6-7-11-19(14)26-18)12-22(2)13-23-20(24)15-9-4-5-10-16(15)21(23)25/h6-8,11,15-16H,3-5,9-10,12-13H2,1-2H3/t15-,16-/m0/s1. The van der Waals surface area contributed by atoms with Crippen LogP contribution in [-0.2, 0) is 22.6 Å². The molecule has 138 valence electrons. The van der Waals surface area contributed by atoms with Crippen molar-refractivity contribution in [3.8, 4) is 0 Å². The molecule has 0 bridgehead atoms. The summed E-state index contributed by atoms with van der Waals surface area (Å²) in [5.41, 5.74) is 2.05. The Morgan fingerprint density at radius 2 is 1.77 bits per heavy atom. The van der Waals surface area contributed by atoms with Crippen LogP contribution in [0.3, 0.4) is 0 Å². The number of para-hydroxylation sites is 1. The van der Waals surface area contributed by atoms with E-state index < -0.39 is 0 Å². The number of aryl methyl sites for hydroxylation is 1. The van der Waals surface area contributed by atoms with Crippen molar-refractivity contribution in [3.63, 3.8) is 0 Å². The Labute approximate surface area is 153 Å². The number of imide groups is 1. The van der Waals surface area contributed by atoms with Crippen LogP contribution < -0.4 is 0 Å². The first kappa shape index (κ1) is 17.3. The molecule has 26 heavy (non-hydrogen) atoms. The van der Waals surface area contributed by atoms with E-state index in [1.54, 1.807) is 0 Å². The van der Waals surface area contributed by atoms with Gasteiger partial charge in [-0.15, -0.1) is 0 Å². The minimum absolute atomic E-state index is 0.0271. The van der Waals surface area contributed by atoms with E-state index in [9.17, 15) is 9.59 Å². The predicted molar refractivity (Wildman–Crippen MR) is 99.2 cm³/mol. The summed E-state index contributed by atoms with van der Waals surface area (Å²) in [7, 11) is 1.96. The maximum Gasteiger partial charge on any atom is 0.234 e. The Hall–Kier alpha value is -2.14. The molecular formula is C21H26N2O3. The lowest BCUT2D eigenvalue weighted by Crippen LogP contribution is -2.40. The molecule has 1 aliphatic heterocycles. The third kappa shape index (κ3) is 2.84. The van der Waals surface area contributed by atoms with Gasteiger partial charge in [0.05, 0.1) is 18.5 Å². The van der Waals surface area contributed by atoms with Gasteiger partial charge in [-0.3, -0.25) is 19.4 Å². The van der Waals surface area contributed by atoms with Gasteiger partial charge in [0.25, 0.3) is 0 Å². The van der Waals surface area contributed by atoms with Crippen molar-refractivity contribution in [2.75, 3.05) is 13.7 Å². The van der Waals surface area contributed by atoms with Gasteiger partial charge in [-0.2, -0.15) is 0 Å². The van der Waals surface area contributed by atoms with Crippen LogP contribution in [0.25, 0.3) is 11.0 Å². The molecule has 4 rings (SSSR count). The number of hydrogen-bond acceptors (Lipinski definition) is 4. The van der Waals surface area contributed by atoms with E-state index in [1.807, 2.05) is 30.1 Å². The van der Waals surface area contributed by atoms with E-state index in [2.05, 4.69) is 13.0 Å². The minimum atomic E-state index is -0.0781. The fraction of sp³-hybridized carbons (Fsp3) is 0.524. The molecule has 1 aromatic carbocycles. The molecule has 1 aromatic heterocycles. The lowest BCUT2D eigenvalue weighted by Gasteiger charge is -2.23. The number of likely N-dealkylation sites (tertiary alicyclic amines) is 1. The van der Waals surface area contributed by atoms with Gasteiger partial charge in [-0.25, -0.2) is 0 Å². The van der Waals surface area contributed by atoms with Crippen LogP contribution in [0, 0.1) is 11.8 Å². The van der Waals surface area contributed by atoms with E-state index in [4.69, 9.17) is 4.42 Å². The number of carbonyl (C=O) groups excluding carboxylic acids is 2. The summed E-state index contributed by atoms with van der Waals surface area (Å²) >= 11 is 0. The molecule has 2 aliphatic rings. The average molecular weight is 354 g/mol. The number of benzene rings is 1. The third-order valence-electron chi connectivity index (χ3n) is 5.85. The van der Waals surface area contributed by atoms with Gasteiger partial charge in [0.15, 0.2) is 0 Å². The highest BCUT2D eigenvalue weighted by molar-refractivity contribution is 6.05. The topological polar surface area (TPSA) is 53.8 Å². The van der Waals surface area contributed by atoms with Gasteiger partial charge >= 0.3 is 0 Å². The summed E-state index contributed by atoms with van der Waals surface area (Å²) in [6.07, 6.45) is 4.67. The Kier molecular flexibility index (Phi) is 4.57. The SMILES string of the molecule is CCc1oc2ccccc2c1CN(C)CN1C(=O)[C@H]2CCCC[C@@H]2C1=O. The normalized spacial score (nSPS) is 23.3. The molecule has 2 amide bonds. The molecule has 2 fully saturated rings. The molecule has 0 spiro atoms. The number of amides is 2. The van der Waals surface area contributed by atoms with Crippen LogP contribution in [0.1, 0.15) is 43.9 Å². The number of fused-ring (bicyclic) bond motifs is 2. The van der Waals surface area contributed by atoms with Gasteiger partial charge < -0.3 is 4.42 Å². The zero-order valence-corrected chi connectivity index (χ0v) is 15.5. The quantitative estimate of drug-likeness (QED) is 0.771. The van der Waals surface area contributed by atoms with Crippen LogP contribution >= 0.6 is 0 Å². The Morgan fingerprint density at radius 1 is 1.12 bits per heavy atom. The summed E-state index contributed by atoms with van der Waals surface area (Å²) in [5.74, 6) is 0.876. The smallest absolute Gasteiger partial charge is 0.234 e. The monoisotopic (exact) mass is 354 g/mol. The molecule has 0 N–H and O–H groups in total. The average Bonchev–Trinajstić information content (AvgIpc) is 3.13. The van der Waals surface area contributed by atoms with Crippen LogP contribution in [0.2, 0.25) is 0 Å². The molecule has 1 aliphatic carbocycles. The van der Waals surface area contributed by atoms with Gasteiger partial charge in [0.2, 0.25) is 11.8 Å². The van der Waals surface area contributed by atoms with E-state index in [0.29, 0.717) is 13.2 Å². The number of nitrogens with zero attached hydrogens (tertiary/aromatic N) is 2. The second-order valence-corrected chi connectivity index (χ2v) is 7.61. The summed E-state index contributed by atoms with van der Waals surface area (Å²) in [5, 5.41) is 1.11.